The second kappa shape index (κ2) is 9.80. The second-order valence-corrected chi connectivity index (χ2v) is 8.16. The molecule has 1 aromatic heterocycles. The number of Topliss-reactive ketones (excluding diaryl/α,β-unsaturated/α-hetero) is 1. The van der Waals surface area contributed by atoms with Crippen molar-refractivity contribution in [2.24, 2.45) is 7.05 Å². The Morgan fingerprint density at radius 3 is 2.06 bits per heavy atom. The minimum atomic E-state index is -1.18. The van der Waals surface area contributed by atoms with Crippen LogP contribution in [0.25, 0.3) is 5.69 Å². The van der Waals surface area contributed by atoms with Crippen LogP contribution in [0, 0.1) is 6.92 Å². The number of ketones is 1. The zero-order chi connectivity index (χ0) is 24.2. The first-order valence-corrected chi connectivity index (χ1v) is 11.0. The number of carbonyl (C=O) groups excluding carboxylic acids is 2. The number of anilines is 1. The van der Waals surface area contributed by atoms with E-state index in [2.05, 4.69) is 10.6 Å². The van der Waals surface area contributed by atoms with Gasteiger partial charge in [-0.15, -0.1) is 0 Å². The molecular weight excluding hydrogens is 452 g/mol. The molecule has 4 aromatic rings. The summed E-state index contributed by atoms with van der Waals surface area (Å²) in [5.74, 6) is -0.854. The van der Waals surface area contributed by atoms with Gasteiger partial charge in [-0.3, -0.25) is 19.1 Å². The average Bonchev–Trinajstić information content (AvgIpc) is 3.07. The van der Waals surface area contributed by atoms with Gasteiger partial charge in [-0.25, -0.2) is 4.68 Å². The van der Waals surface area contributed by atoms with Gasteiger partial charge >= 0.3 is 0 Å². The van der Waals surface area contributed by atoms with E-state index in [0.29, 0.717) is 27.5 Å². The first-order chi connectivity index (χ1) is 16.4. The number of benzene rings is 3. The van der Waals surface area contributed by atoms with Crippen molar-refractivity contribution in [3.63, 3.8) is 0 Å². The molecule has 172 valence electrons. The maximum atomic E-state index is 13.3. The van der Waals surface area contributed by atoms with Crippen molar-refractivity contribution < 1.29 is 9.59 Å². The summed E-state index contributed by atoms with van der Waals surface area (Å²) in [7, 11) is 1.76. The lowest BCUT2D eigenvalue weighted by atomic mass is 10.1. The summed E-state index contributed by atoms with van der Waals surface area (Å²) < 4.78 is 3.20. The first kappa shape index (κ1) is 23.1. The standard InChI is InChI=1S/C26H23ClN4O3/c1-17-22(26(34)31(30(17)2)21-11-7-4-8-12-21)28-24(23(32)18-9-5-3-6-10-18)29-25(33)19-13-15-20(27)16-14-19/h3-16,24,28H,1-2H3,(H,29,33)/t24-/m1/s1. The Hall–Kier alpha value is -4.10. The summed E-state index contributed by atoms with van der Waals surface area (Å²) >= 11 is 5.92. The quantitative estimate of drug-likeness (QED) is 0.311. The van der Waals surface area contributed by atoms with Gasteiger partial charge in [0.15, 0.2) is 6.17 Å². The van der Waals surface area contributed by atoms with E-state index in [0.717, 1.165) is 0 Å². The topological polar surface area (TPSA) is 85.1 Å². The molecule has 0 bridgehead atoms. The van der Waals surface area contributed by atoms with Gasteiger partial charge in [0.25, 0.3) is 11.5 Å². The molecule has 0 aliphatic carbocycles. The Kier molecular flexibility index (Phi) is 6.65. The van der Waals surface area contributed by atoms with Crippen molar-refractivity contribution >= 4 is 29.0 Å². The van der Waals surface area contributed by atoms with Crippen LogP contribution in [0.4, 0.5) is 5.69 Å². The maximum absolute atomic E-state index is 13.3. The third-order valence-corrected chi connectivity index (χ3v) is 5.80. The van der Waals surface area contributed by atoms with Crippen molar-refractivity contribution in [2.75, 3.05) is 5.32 Å². The van der Waals surface area contributed by atoms with Gasteiger partial charge in [0, 0.05) is 23.2 Å². The van der Waals surface area contributed by atoms with E-state index in [1.54, 1.807) is 73.3 Å². The first-order valence-electron chi connectivity index (χ1n) is 10.6. The number of amides is 1. The minimum Gasteiger partial charge on any atom is -0.353 e. The lowest BCUT2D eigenvalue weighted by Gasteiger charge is -2.20. The van der Waals surface area contributed by atoms with Gasteiger partial charge in [-0.05, 0) is 43.3 Å². The number of rotatable bonds is 7. The predicted octanol–water partition coefficient (Wildman–Crippen LogP) is 4.19. The third kappa shape index (κ3) is 4.65. The maximum Gasteiger partial charge on any atom is 0.295 e. The number of carbonyl (C=O) groups is 2. The van der Waals surface area contributed by atoms with E-state index in [-0.39, 0.29) is 17.0 Å². The lowest BCUT2D eigenvalue weighted by molar-refractivity contribution is 0.0869. The molecule has 2 N–H and O–H groups in total. The smallest absolute Gasteiger partial charge is 0.295 e. The molecule has 1 amide bonds. The van der Waals surface area contributed by atoms with E-state index < -0.39 is 12.1 Å². The molecule has 3 aromatic carbocycles. The Morgan fingerprint density at radius 2 is 1.44 bits per heavy atom. The molecule has 0 fully saturated rings. The van der Waals surface area contributed by atoms with E-state index in [1.165, 1.54) is 4.68 Å². The van der Waals surface area contributed by atoms with Crippen molar-refractivity contribution in [1.82, 2.24) is 14.7 Å². The Labute approximate surface area is 201 Å². The molecule has 0 saturated carbocycles. The van der Waals surface area contributed by atoms with Crippen molar-refractivity contribution in [3.05, 3.63) is 117 Å². The molecular formula is C26H23ClN4O3. The van der Waals surface area contributed by atoms with Crippen LogP contribution in [0.15, 0.2) is 89.7 Å². The number of aromatic nitrogens is 2. The highest BCUT2D eigenvalue weighted by molar-refractivity contribution is 6.30. The molecule has 8 heteroatoms. The fourth-order valence-electron chi connectivity index (χ4n) is 3.63. The summed E-state index contributed by atoms with van der Waals surface area (Å²) in [6.45, 7) is 1.77. The normalized spacial score (nSPS) is 11.6. The van der Waals surface area contributed by atoms with Gasteiger partial charge in [0.05, 0.1) is 11.4 Å². The fraction of sp³-hybridized carbons (Fsp3) is 0.115. The average molecular weight is 475 g/mol. The van der Waals surface area contributed by atoms with E-state index in [4.69, 9.17) is 11.6 Å². The van der Waals surface area contributed by atoms with Crippen LogP contribution < -0.4 is 16.2 Å². The Morgan fingerprint density at radius 1 is 0.853 bits per heavy atom. The number of para-hydroxylation sites is 1. The van der Waals surface area contributed by atoms with Gasteiger partial charge in [-0.1, -0.05) is 60.1 Å². The number of halogens is 1. The van der Waals surface area contributed by atoms with Crippen LogP contribution in [-0.4, -0.2) is 27.2 Å². The second-order valence-electron chi connectivity index (χ2n) is 7.72. The van der Waals surface area contributed by atoms with Crippen LogP contribution in [0.1, 0.15) is 26.4 Å². The summed E-state index contributed by atoms with van der Waals surface area (Å²) in [6.07, 6.45) is -1.18. The van der Waals surface area contributed by atoms with E-state index in [1.807, 2.05) is 30.3 Å². The van der Waals surface area contributed by atoms with Crippen LogP contribution >= 0.6 is 11.6 Å². The van der Waals surface area contributed by atoms with Crippen molar-refractivity contribution in [2.45, 2.75) is 13.1 Å². The monoisotopic (exact) mass is 474 g/mol. The predicted molar refractivity (Wildman–Crippen MR) is 133 cm³/mol. The van der Waals surface area contributed by atoms with Crippen LogP contribution in [0.3, 0.4) is 0 Å². The number of hydrogen-bond donors (Lipinski definition) is 2. The molecule has 0 aliphatic heterocycles. The zero-order valence-corrected chi connectivity index (χ0v) is 19.4. The van der Waals surface area contributed by atoms with Gasteiger partial charge in [0.2, 0.25) is 5.78 Å². The molecule has 1 atom stereocenters. The SMILES string of the molecule is Cc1c(N[C@H](NC(=O)c2ccc(Cl)cc2)C(=O)c2ccccc2)c(=O)n(-c2ccccc2)n1C. The molecule has 0 unspecified atom stereocenters. The number of nitrogens with zero attached hydrogens (tertiary/aromatic N) is 2. The fourth-order valence-corrected chi connectivity index (χ4v) is 3.76. The highest BCUT2D eigenvalue weighted by Gasteiger charge is 2.26. The van der Waals surface area contributed by atoms with Crippen LogP contribution in [-0.2, 0) is 7.05 Å². The van der Waals surface area contributed by atoms with E-state index >= 15 is 0 Å². The third-order valence-electron chi connectivity index (χ3n) is 5.55. The van der Waals surface area contributed by atoms with Gasteiger partial charge in [-0.2, -0.15) is 0 Å². The molecule has 4 rings (SSSR count). The molecule has 7 nitrogen and oxygen atoms in total. The zero-order valence-electron chi connectivity index (χ0n) is 18.7. The lowest BCUT2D eigenvalue weighted by Crippen LogP contribution is -2.47. The van der Waals surface area contributed by atoms with Gasteiger partial charge < -0.3 is 10.6 Å². The van der Waals surface area contributed by atoms with Crippen molar-refractivity contribution in [1.29, 1.82) is 0 Å². The number of nitrogens with one attached hydrogen (secondary N) is 2. The van der Waals surface area contributed by atoms with Crippen LogP contribution in [0.2, 0.25) is 5.02 Å². The Bertz CT molecular complexity index is 1380. The van der Waals surface area contributed by atoms with E-state index in [9.17, 15) is 14.4 Å². The minimum absolute atomic E-state index is 0.219. The molecule has 0 radical (unpaired) electrons. The summed E-state index contributed by atoms with van der Waals surface area (Å²) in [4.78, 5) is 39.6. The molecule has 34 heavy (non-hydrogen) atoms. The Balaban J connectivity index is 1.71. The van der Waals surface area contributed by atoms with Gasteiger partial charge in [0.1, 0.15) is 5.69 Å². The largest absolute Gasteiger partial charge is 0.353 e. The summed E-state index contributed by atoms with van der Waals surface area (Å²) in [6, 6.07) is 24.1. The highest BCUT2D eigenvalue weighted by Crippen LogP contribution is 2.16. The van der Waals surface area contributed by atoms with Crippen LogP contribution in [0.5, 0.6) is 0 Å². The molecule has 0 spiro atoms. The highest BCUT2D eigenvalue weighted by atomic mass is 35.5. The summed E-state index contributed by atoms with van der Waals surface area (Å²) in [5, 5.41) is 6.21. The number of hydrogen-bond acceptors (Lipinski definition) is 4. The van der Waals surface area contributed by atoms with Crippen molar-refractivity contribution in [3.8, 4) is 5.69 Å². The molecule has 0 saturated heterocycles. The molecule has 0 aliphatic rings. The molecule has 1 heterocycles. The summed E-state index contributed by atoms with van der Waals surface area (Å²) in [5.41, 5.74) is 1.91.